The Morgan fingerprint density at radius 1 is 1.33 bits per heavy atom. The van der Waals surface area contributed by atoms with Crippen molar-refractivity contribution in [2.75, 3.05) is 13.1 Å². The quantitative estimate of drug-likeness (QED) is 0.817. The highest BCUT2D eigenvalue weighted by molar-refractivity contribution is 6.88. The number of piperidine rings is 1. The molecule has 24 heavy (non-hydrogen) atoms. The predicted octanol–water partition coefficient (Wildman–Crippen LogP) is 1.67. The van der Waals surface area contributed by atoms with Crippen LogP contribution in [0, 0.1) is 6.92 Å². The van der Waals surface area contributed by atoms with Crippen LogP contribution in [0.25, 0.3) is 0 Å². The molecule has 0 bridgehead atoms. The molecular formula is C16H30N4O3Si. The van der Waals surface area contributed by atoms with E-state index in [1.54, 1.807) is 4.90 Å². The van der Waals surface area contributed by atoms with Crippen molar-refractivity contribution in [3.8, 4) is 0 Å². The Hall–Kier alpha value is -1.41. The first-order chi connectivity index (χ1) is 10.9. The third-order valence-corrected chi connectivity index (χ3v) is 6.03. The summed E-state index contributed by atoms with van der Waals surface area (Å²) in [4.78, 5) is 13.7. The molecule has 2 atom stereocenters. The molecule has 1 aliphatic rings. The summed E-state index contributed by atoms with van der Waals surface area (Å²) >= 11 is 0. The van der Waals surface area contributed by atoms with Crippen molar-refractivity contribution in [3.05, 3.63) is 5.69 Å². The normalized spacial score (nSPS) is 22.6. The first kappa shape index (κ1) is 18.9. The highest BCUT2D eigenvalue weighted by atomic mass is 28.3. The van der Waals surface area contributed by atoms with Crippen LogP contribution in [0.2, 0.25) is 19.6 Å². The van der Waals surface area contributed by atoms with Crippen molar-refractivity contribution in [1.82, 2.24) is 19.9 Å². The van der Waals surface area contributed by atoms with E-state index in [-0.39, 0.29) is 18.7 Å². The van der Waals surface area contributed by atoms with Crippen LogP contribution in [0.5, 0.6) is 0 Å². The van der Waals surface area contributed by atoms with Crippen LogP contribution < -0.4 is 5.32 Å². The molecule has 1 aromatic heterocycles. The van der Waals surface area contributed by atoms with Gasteiger partial charge in [0.25, 0.3) is 0 Å². The lowest BCUT2D eigenvalue weighted by molar-refractivity contribution is -0.0123. The maximum absolute atomic E-state index is 12.2. The fourth-order valence-corrected chi connectivity index (χ4v) is 4.59. The summed E-state index contributed by atoms with van der Waals surface area (Å²) in [5, 5.41) is 20.3. The Balaban J connectivity index is 2.10. The molecule has 0 unspecified atom stereocenters. The van der Waals surface area contributed by atoms with Gasteiger partial charge in [-0.2, -0.15) is 0 Å². The number of carbonyl (C=O) groups excluding carboxylic acids is 1. The largest absolute Gasteiger partial charge is 0.444 e. The molecule has 2 heterocycles. The van der Waals surface area contributed by atoms with Gasteiger partial charge in [-0.3, -0.25) is 0 Å². The van der Waals surface area contributed by atoms with E-state index in [0.29, 0.717) is 13.0 Å². The lowest BCUT2D eigenvalue weighted by Gasteiger charge is -2.36. The molecule has 7 nitrogen and oxygen atoms in total. The Bertz CT molecular complexity index is 603. The number of ether oxygens (including phenoxy) is 1. The Morgan fingerprint density at radius 2 is 1.96 bits per heavy atom. The molecule has 2 rings (SSSR count). The average Bonchev–Trinajstić information content (AvgIpc) is 2.78. The van der Waals surface area contributed by atoms with Gasteiger partial charge in [-0.1, -0.05) is 24.9 Å². The predicted molar refractivity (Wildman–Crippen MR) is 95.2 cm³/mol. The summed E-state index contributed by atoms with van der Waals surface area (Å²) in [6, 6.07) is -0.152. The van der Waals surface area contributed by atoms with Gasteiger partial charge in [0.15, 0.2) is 0 Å². The fraction of sp³-hybridized carbons (Fsp3) is 0.812. The molecule has 1 N–H and O–H groups in total. The molecule has 1 fully saturated rings. The SMILES string of the molecule is Cc1c([Si](C)(C)C)nnn1[C@@H]1CCN(C(=O)OC(C)(C)C)C[C@H]1O. The summed E-state index contributed by atoms with van der Waals surface area (Å²) in [7, 11) is -1.56. The third kappa shape index (κ3) is 4.16. The van der Waals surface area contributed by atoms with E-state index in [4.69, 9.17) is 4.74 Å². The molecule has 1 amide bonds. The topological polar surface area (TPSA) is 80.5 Å². The van der Waals surface area contributed by atoms with Crippen LogP contribution in [-0.2, 0) is 4.74 Å². The zero-order chi connectivity index (χ0) is 18.3. The first-order valence-corrected chi connectivity index (χ1v) is 12.0. The molecule has 0 saturated carbocycles. The van der Waals surface area contributed by atoms with E-state index in [1.165, 1.54) is 0 Å². The summed E-state index contributed by atoms with van der Waals surface area (Å²) in [5.74, 6) is 0. The van der Waals surface area contributed by atoms with Crippen molar-refractivity contribution in [3.63, 3.8) is 0 Å². The second kappa shape index (κ2) is 6.48. The van der Waals surface area contributed by atoms with Gasteiger partial charge in [-0.25, -0.2) is 9.48 Å². The summed E-state index contributed by atoms with van der Waals surface area (Å²) in [6.07, 6.45) is -0.422. The van der Waals surface area contributed by atoms with E-state index in [9.17, 15) is 9.90 Å². The smallest absolute Gasteiger partial charge is 0.410 e. The van der Waals surface area contributed by atoms with Gasteiger partial charge in [-0.15, -0.1) is 5.10 Å². The van der Waals surface area contributed by atoms with Gasteiger partial charge >= 0.3 is 6.09 Å². The van der Waals surface area contributed by atoms with Crippen molar-refractivity contribution in [2.45, 2.75) is 71.5 Å². The van der Waals surface area contributed by atoms with Crippen molar-refractivity contribution >= 4 is 19.5 Å². The lowest BCUT2D eigenvalue weighted by Crippen LogP contribution is -2.49. The highest BCUT2D eigenvalue weighted by Crippen LogP contribution is 2.25. The number of amides is 1. The van der Waals surface area contributed by atoms with Crippen LogP contribution in [0.4, 0.5) is 4.79 Å². The molecule has 136 valence electrons. The van der Waals surface area contributed by atoms with Crippen molar-refractivity contribution in [2.24, 2.45) is 0 Å². The number of rotatable bonds is 2. The second-order valence-corrected chi connectivity index (χ2v) is 13.5. The average molecular weight is 355 g/mol. The number of aromatic nitrogens is 3. The van der Waals surface area contributed by atoms with Crippen LogP contribution in [-0.4, -0.2) is 64.0 Å². The Kier molecular flexibility index (Phi) is 5.10. The minimum Gasteiger partial charge on any atom is -0.444 e. The number of carbonyl (C=O) groups is 1. The molecule has 0 aliphatic carbocycles. The molecule has 1 aliphatic heterocycles. The maximum atomic E-state index is 12.2. The Morgan fingerprint density at radius 3 is 2.42 bits per heavy atom. The second-order valence-electron chi connectivity index (χ2n) is 8.57. The van der Waals surface area contributed by atoms with E-state index >= 15 is 0 Å². The molecule has 1 saturated heterocycles. The number of hydrogen-bond donors (Lipinski definition) is 1. The number of aliphatic hydroxyl groups is 1. The van der Waals surface area contributed by atoms with E-state index in [0.717, 1.165) is 11.0 Å². The minimum absolute atomic E-state index is 0.152. The number of nitrogens with zero attached hydrogens (tertiary/aromatic N) is 4. The summed E-state index contributed by atoms with van der Waals surface area (Å²) in [5.41, 5.74) is 0.497. The zero-order valence-electron chi connectivity index (χ0n) is 15.8. The monoisotopic (exact) mass is 354 g/mol. The van der Waals surface area contributed by atoms with Crippen LogP contribution >= 0.6 is 0 Å². The maximum Gasteiger partial charge on any atom is 0.410 e. The first-order valence-electron chi connectivity index (χ1n) is 8.48. The van der Waals surface area contributed by atoms with E-state index in [2.05, 4.69) is 30.0 Å². The summed E-state index contributed by atoms with van der Waals surface area (Å²) < 4.78 is 7.22. The zero-order valence-corrected chi connectivity index (χ0v) is 16.8. The van der Waals surface area contributed by atoms with Gasteiger partial charge in [-0.05, 0) is 34.1 Å². The van der Waals surface area contributed by atoms with E-state index < -0.39 is 19.8 Å². The van der Waals surface area contributed by atoms with Crippen molar-refractivity contribution < 1.29 is 14.6 Å². The molecule has 8 heteroatoms. The summed E-state index contributed by atoms with van der Waals surface area (Å²) in [6.45, 7) is 15.0. The van der Waals surface area contributed by atoms with Crippen LogP contribution in [0.15, 0.2) is 0 Å². The molecule has 1 aromatic rings. The van der Waals surface area contributed by atoms with Gasteiger partial charge in [0.1, 0.15) is 13.7 Å². The van der Waals surface area contributed by atoms with Gasteiger partial charge in [0.05, 0.1) is 29.7 Å². The number of likely N-dealkylation sites (tertiary alicyclic amines) is 1. The molecule has 0 aromatic carbocycles. The molecule has 0 spiro atoms. The van der Waals surface area contributed by atoms with Gasteiger partial charge in [0, 0.05) is 6.54 Å². The fourth-order valence-electron chi connectivity index (χ4n) is 3.05. The molecule has 0 radical (unpaired) electrons. The number of hydrogen-bond acceptors (Lipinski definition) is 5. The number of aliphatic hydroxyl groups excluding tert-OH is 1. The standard InChI is InChI=1S/C16H30N4O3Si/c1-11-14(24(5,6)7)17-18-20(11)12-8-9-19(10-13(12)21)15(22)23-16(2,3)4/h12-13,21H,8-10H2,1-7H3/t12-,13-/m1/s1. The van der Waals surface area contributed by atoms with Gasteiger partial charge < -0.3 is 14.7 Å². The lowest BCUT2D eigenvalue weighted by atomic mass is 10.0. The van der Waals surface area contributed by atoms with Crippen molar-refractivity contribution in [1.29, 1.82) is 0 Å². The van der Waals surface area contributed by atoms with Crippen LogP contribution in [0.3, 0.4) is 0 Å². The highest BCUT2D eigenvalue weighted by Gasteiger charge is 2.36. The minimum atomic E-state index is -1.56. The molecular weight excluding hydrogens is 324 g/mol. The third-order valence-electron chi connectivity index (χ3n) is 4.15. The number of β-amino-alcohol motifs (C(OH)–C–C–N with tert-alkyl or cyclic N) is 1. The van der Waals surface area contributed by atoms with E-state index in [1.807, 2.05) is 32.4 Å². The van der Waals surface area contributed by atoms with Gasteiger partial charge in [0.2, 0.25) is 0 Å². The Labute approximate surface area is 145 Å². The van der Waals surface area contributed by atoms with Crippen LogP contribution in [0.1, 0.15) is 38.9 Å².